The number of nitrogen functional groups attached to an aromatic ring is 1. The van der Waals surface area contributed by atoms with Gasteiger partial charge in [0, 0.05) is 25.4 Å². The number of carbonyl (C=O) groups is 1. The first-order chi connectivity index (χ1) is 16.3. The number of halogens is 2. The minimum Gasteiger partial charge on any atom is -0.495 e. The van der Waals surface area contributed by atoms with E-state index in [2.05, 4.69) is 28.6 Å². The number of likely N-dealkylation sites (tertiary alicyclic amines) is 1. The smallest absolute Gasteiger partial charge is 0.256 e. The Morgan fingerprint density at radius 1 is 1.26 bits per heavy atom. The molecule has 11 heteroatoms. The number of carbonyl (C=O) groups excluding carboxylic acids is 1. The quantitative estimate of drug-likeness (QED) is 0.415. The summed E-state index contributed by atoms with van der Waals surface area (Å²) in [5.41, 5.74) is 7.30. The highest BCUT2D eigenvalue weighted by atomic mass is 35.5. The molecule has 3 N–H and O–H groups in total. The number of fused-ring (bicyclic) bond motifs is 1. The lowest BCUT2D eigenvalue weighted by atomic mass is 10.1. The Balaban J connectivity index is 1.86. The molecule has 1 amide bonds. The highest BCUT2D eigenvalue weighted by Crippen LogP contribution is 2.40. The zero-order valence-electron chi connectivity index (χ0n) is 18.4. The van der Waals surface area contributed by atoms with E-state index in [1.807, 2.05) is 4.57 Å². The summed E-state index contributed by atoms with van der Waals surface area (Å²) >= 11 is 12.9. The summed E-state index contributed by atoms with van der Waals surface area (Å²) in [5, 5.41) is 19.0. The van der Waals surface area contributed by atoms with Crippen LogP contribution in [0.2, 0.25) is 10.0 Å². The van der Waals surface area contributed by atoms with E-state index in [9.17, 15) is 9.90 Å². The molecule has 4 rings (SSSR count). The van der Waals surface area contributed by atoms with Gasteiger partial charge in [0.25, 0.3) is 5.88 Å². The number of hydrogen-bond acceptors (Lipinski definition) is 7. The van der Waals surface area contributed by atoms with Crippen LogP contribution in [0.3, 0.4) is 0 Å². The van der Waals surface area contributed by atoms with Crippen molar-refractivity contribution in [2.24, 2.45) is 0 Å². The summed E-state index contributed by atoms with van der Waals surface area (Å²) < 4.78 is 12.4. The maximum Gasteiger partial charge on any atom is 0.256 e. The fraction of sp³-hybridized carbons (Fsp3) is 0.261. The monoisotopic (exact) mass is 501 g/mol. The van der Waals surface area contributed by atoms with Crippen LogP contribution in [-0.2, 0) is 4.79 Å². The number of aromatic nitrogens is 3. The summed E-state index contributed by atoms with van der Waals surface area (Å²) in [7, 11) is 2.95. The van der Waals surface area contributed by atoms with Gasteiger partial charge in [-0.3, -0.25) is 4.79 Å². The summed E-state index contributed by atoms with van der Waals surface area (Å²) in [6.45, 7) is 4.54. The van der Waals surface area contributed by atoms with Gasteiger partial charge < -0.3 is 29.8 Å². The molecule has 176 valence electrons. The standard InChI is InChI=1S/C23H21Cl2N5O4/c1-4-17(31)29-8-7-13(11-29)30-10-12(18-21(30)23(32)28-27-22(18)26)5-6-14-19(24)15(33-2)9-16(34-3)20(14)25/h4,9-10,13H,1,7-8,11H2,2-3H3,(H2,26,27)(H,28,32)/t13-/m0/s1. The van der Waals surface area contributed by atoms with Crippen molar-refractivity contribution < 1.29 is 19.4 Å². The third-order valence-corrected chi connectivity index (χ3v) is 6.44. The maximum atomic E-state index is 12.0. The van der Waals surface area contributed by atoms with E-state index in [1.165, 1.54) is 20.3 Å². The number of nitrogens with two attached hydrogens (primary N) is 1. The lowest BCUT2D eigenvalue weighted by Gasteiger charge is -2.16. The van der Waals surface area contributed by atoms with E-state index in [0.717, 1.165) is 0 Å². The predicted octanol–water partition coefficient (Wildman–Crippen LogP) is 3.40. The third-order valence-electron chi connectivity index (χ3n) is 5.69. The highest BCUT2D eigenvalue weighted by Gasteiger charge is 2.29. The molecule has 0 unspecified atom stereocenters. The number of aromatic hydroxyl groups is 1. The van der Waals surface area contributed by atoms with Crippen LogP contribution in [0.15, 0.2) is 24.9 Å². The number of benzene rings is 1. The number of hydrogen-bond donors (Lipinski definition) is 2. The Labute approximate surface area is 205 Å². The van der Waals surface area contributed by atoms with Crippen LogP contribution < -0.4 is 15.2 Å². The normalized spacial score (nSPS) is 15.2. The topological polar surface area (TPSA) is 116 Å². The fourth-order valence-corrected chi connectivity index (χ4v) is 4.61. The minimum atomic E-state index is -0.287. The van der Waals surface area contributed by atoms with E-state index < -0.39 is 0 Å². The number of methoxy groups -OCH3 is 2. The molecule has 3 heterocycles. The molecule has 3 aromatic rings. The van der Waals surface area contributed by atoms with Crippen LogP contribution in [0.1, 0.15) is 23.6 Å². The average molecular weight is 502 g/mol. The van der Waals surface area contributed by atoms with E-state index >= 15 is 0 Å². The Morgan fingerprint density at radius 3 is 2.56 bits per heavy atom. The molecule has 0 spiro atoms. The lowest BCUT2D eigenvalue weighted by Crippen LogP contribution is -2.27. The number of nitrogens with zero attached hydrogens (tertiary/aromatic N) is 4. The molecule has 1 atom stereocenters. The van der Waals surface area contributed by atoms with Gasteiger partial charge in [-0.1, -0.05) is 41.6 Å². The van der Waals surface area contributed by atoms with Crippen LogP contribution in [-0.4, -0.2) is 58.0 Å². The van der Waals surface area contributed by atoms with Crippen LogP contribution in [0.4, 0.5) is 5.82 Å². The van der Waals surface area contributed by atoms with Crippen molar-refractivity contribution in [1.82, 2.24) is 19.7 Å². The zero-order chi connectivity index (χ0) is 24.6. The lowest BCUT2D eigenvalue weighted by molar-refractivity contribution is -0.125. The summed E-state index contributed by atoms with van der Waals surface area (Å²) in [6.07, 6.45) is 3.70. The van der Waals surface area contributed by atoms with Gasteiger partial charge in [-0.2, -0.15) is 0 Å². The third kappa shape index (κ3) is 3.95. The molecular weight excluding hydrogens is 481 g/mol. The molecule has 1 aliphatic rings. The summed E-state index contributed by atoms with van der Waals surface area (Å²) in [6, 6.07) is 1.45. The minimum absolute atomic E-state index is 0.105. The first-order valence-corrected chi connectivity index (χ1v) is 10.9. The second kappa shape index (κ2) is 9.33. The van der Waals surface area contributed by atoms with Crippen molar-refractivity contribution in [3.8, 4) is 29.2 Å². The molecular formula is C23H21Cl2N5O4. The molecule has 34 heavy (non-hydrogen) atoms. The summed E-state index contributed by atoms with van der Waals surface area (Å²) in [5.74, 6) is 6.39. The van der Waals surface area contributed by atoms with Crippen molar-refractivity contribution in [2.75, 3.05) is 33.0 Å². The first kappa shape index (κ1) is 23.5. The van der Waals surface area contributed by atoms with Crippen LogP contribution in [0.5, 0.6) is 17.4 Å². The van der Waals surface area contributed by atoms with Crippen molar-refractivity contribution in [3.05, 3.63) is 46.1 Å². The Bertz CT molecular complexity index is 1350. The van der Waals surface area contributed by atoms with E-state index in [-0.39, 0.29) is 33.7 Å². The largest absolute Gasteiger partial charge is 0.495 e. The van der Waals surface area contributed by atoms with Gasteiger partial charge in [0.15, 0.2) is 5.82 Å². The SMILES string of the molecule is C=CC(=O)N1CC[C@H](n2cc(C#Cc3c(Cl)c(OC)cc(OC)c3Cl)c3c(N)nnc(O)c32)C1. The molecule has 1 saturated heterocycles. The first-order valence-electron chi connectivity index (χ1n) is 10.2. The van der Waals surface area contributed by atoms with Gasteiger partial charge in [-0.25, -0.2) is 0 Å². The average Bonchev–Trinajstić information content (AvgIpc) is 3.47. The Hall–Kier alpha value is -3.61. The van der Waals surface area contributed by atoms with Crippen molar-refractivity contribution >= 4 is 45.8 Å². The van der Waals surface area contributed by atoms with E-state index in [0.29, 0.717) is 53.0 Å². The van der Waals surface area contributed by atoms with E-state index in [4.69, 9.17) is 38.4 Å². The number of anilines is 1. The van der Waals surface area contributed by atoms with Gasteiger partial charge in [0.05, 0.1) is 46.8 Å². The number of ether oxygens (including phenoxy) is 2. The highest BCUT2D eigenvalue weighted by molar-refractivity contribution is 6.38. The van der Waals surface area contributed by atoms with Crippen LogP contribution in [0.25, 0.3) is 10.9 Å². The van der Waals surface area contributed by atoms with Gasteiger partial charge in [0.1, 0.15) is 17.0 Å². The van der Waals surface area contributed by atoms with Gasteiger partial charge in [-0.15, -0.1) is 10.2 Å². The van der Waals surface area contributed by atoms with Gasteiger partial charge >= 0.3 is 0 Å². The molecule has 1 aliphatic heterocycles. The molecule has 9 nitrogen and oxygen atoms in total. The summed E-state index contributed by atoms with van der Waals surface area (Å²) in [4.78, 5) is 13.7. The van der Waals surface area contributed by atoms with Crippen LogP contribution in [0, 0.1) is 11.8 Å². The second-order valence-electron chi connectivity index (χ2n) is 7.55. The van der Waals surface area contributed by atoms with Crippen LogP contribution >= 0.6 is 23.2 Å². The molecule has 0 aliphatic carbocycles. The Kier molecular flexibility index (Phi) is 6.46. The van der Waals surface area contributed by atoms with Gasteiger partial charge in [-0.05, 0) is 12.5 Å². The Morgan fingerprint density at radius 2 is 1.94 bits per heavy atom. The van der Waals surface area contributed by atoms with Crippen molar-refractivity contribution in [1.29, 1.82) is 0 Å². The predicted molar refractivity (Wildman–Crippen MR) is 130 cm³/mol. The molecule has 0 radical (unpaired) electrons. The van der Waals surface area contributed by atoms with Gasteiger partial charge in [0.2, 0.25) is 5.91 Å². The molecule has 1 fully saturated rings. The molecule has 2 aromatic heterocycles. The molecule has 1 aromatic carbocycles. The van der Waals surface area contributed by atoms with Crippen molar-refractivity contribution in [2.45, 2.75) is 12.5 Å². The fourth-order valence-electron chi connectivity index (χ4n) is 4.02. The zero-order valence-corrected chi connectivity index (χ0v) is 19.9. The number of rotatable bonds is 4. The van der Waals surface area contributed by atoms with E-state index in [1.54, 1.807) is 17.2 Å². The number of amides is 1. The maximum absolute atomic E-state index is 12.0. The second-order valence-corrected chi connectivity index (χ2v) is 8.30. The van der Waals surface area contributed by atoms with Crippen molar-refractivity contribution in [3.63, 3.8) is 0 Å². The molecule has 0 saturated carbocycles. The molecule has 0 bridgehead atoms.